The summed E-state index contributed by atoms with van der Waals surface area (Å²) < 4.78 is 34.1. The van der Waals surface area contributed by atoms with Gasteiger partial charge in [0.2, 0.25) is 5.88 Å². The van der Waals surface area contributed by atoms with Crippen LogP contribution in [0.4, 0.5) is 0 Å². The summed E-state index contributed by atoms with van der Waals surface area (Å²) in [5.74, 6) is 2.65. The molecule has 2 aromatic heterocycles. The van der Waals surface area contributed by atoms with Crippen LogP contribution < -0.4 is 18.9 Å². The Balaban J connectivity index is 1.09. The predicted octanol–water partition coefficient (Wildman–Crippen LogP) is 5.11. The highest BCUT2D eigenvalue weighted by Gasteiger charge is 2.14. The van der Waals surface area contributed by atoms with E-state index in [0.29, 0.717) is 38.1 Å². The molecule has 1 aliphatic rings. The fourth-order valence-corrected chi connectivity index (χ4v) is 4.02. The van der Waals surface area contributed by atoms with Crippen molar-refractivity contribution in [1.29, 1.82) is 0 Å². The predicted molar refractivity (Wildman–Crippen MR) is 140 cm³/mol. The molecule has 0 spiro atoms. The molecule has 3 heterocycles. The van der Waals surface area contributed by atoms with Gasteiger partial charge in [-0.1, -0.05) is 12.1 Å². The Morgan fingerprint density at radius 3 is 2.50 bits per heavy atom. The number of hydrogen-bond donors (Lipinski definition) is 0. The SMILES string of the molecule is COc1ccc(COc2ccc3ncc(OCCOc4cc(COC5CCCCO5)cnn4)cc3c2)cc1. The maximum atomic E-state index is 5.96. The molecule has 0 radical (unpaired) electrons. The Hall–Kier alpha value is -3.95. The molecule has 2 aromatic carbocycles. The van der Waals surface area contributed by atoms with Crippen molar-refractivity contribution >= 4 is 10.9 Å². The number of nitrogens with zero attached hydrogens (tertiary/aromatic N) is 3. The number of fused-ring (bicyclic) bond motifs is 1. The third-order valence-corrected chi connectivity index (χ3v) is 6.06. The zero-order chi connectivity index (χ0) is 26.0. The van der Waals surface area contributed by atoms with Crippen molar-refractivity contribution in [3.63, 3.8) is 0 Å². The van der Waals surface area contributed by atoms with E-state index in [4.69, 9.17) is 28.4 Å². The van der Waals surface area contributed by atoms with E-state index in [-0.39, 0.29) is 6.29 Å². The number of pyridine rings is 1. The quantitative estimate of drug-likeness (QED) is 0.238. The van der Waals surface area contributed by atoms with Crippen molar-refractivity contribution in [2.24, 2.45) is 0 Å². The van der Waals surface area contributed by atoms with Crippen molar-refractivity contribution in [2.75, 3.05) is 26.9 Å². The highest BCUT2D eigenvalue weighted by Crippen LogP contribution is 2.24. The zero-order valence-electron chi connectivity index (χ0n) is 21.4. The van der Waals surface area contributed by atoms with Crippen LogP contribution in [0, 0.1) is 0 Å². The molecule has 0 amide bonds. The molecule has 0 saturated carbocycles. The second-order valence-electron chi connectivity index (χ2n) is 8.87. The first-order valence-corrected chi connectivity index (χ1v) is 12.7. The second kappa shape index (κ2) is 13.0. The number of hydrogen-bond acceptors (Lipinski definition) is 9. The lowest BCUT2D eigenvalue weighted by Gasteiger charge is -2.22. The Bertz CT molecular complexity index is 1310. The molecule has 5 rings (SSSR count). The maximum Gasteiger partial charge on any atom is 0.233 e. The molecule has 0 aliphatic carbocycles. The van der Waals surface area contributed by atoms with Gasteiger partial charge in [0.15, 0.2) is 6.29 Å². The Kier molecular flexibility index (Phi) is 8.81. The summed E-state index contributed by atoms with van der Waals surface area (Å²) in [6.45, 7) is 2.26. The molecule has 4 aromatic rings. The summed E-state index contributed by atoms with van der Waals surface area (Å²) >= 11 is 0. The van der Waals surface area contributed by atoms with Crippen LogP contribution in [0.3, 0.4) is 0 Å². The van der Waals surface area contributed by atoms with Gasteiger partial charge < -0.3 is 28.4 Å². The maximum absolute atomic E-state index is 5.96. The first-order chi connectivity index (χ1) is 18.7. The molecule has 0 bridgehead atoms. The molecule has 1 aliphatic heterocycles. The molecule has 0 N–H and O–H groups in total. The summed E-state index contributed by atoms with van der Waals surface area (Å²) in [5, 5.41) is 8.96. The van der Waals surface area contributed by atoms with Gasteiger partial charge in [-0.15, -0.1) is 5.10 Å². The van der Waals surface area contributed by atoms with Crippen LogP contribution in [-0.2, 0) is 22.7 Å². The summed E-state index contributed by atoms with van der Waals surface area (Å²) in [6.07, 6.45) is 6.35. The third-order valence-electron chi connectivity index (χ3n) is 6.06. The monoisotopic (exact) mass is 517 g/mol. The average Bonchev–Trinajstić information content (AvgIpc) is 2.98. The van der Waals surface area contributed by atoms with E-state index in [1.807, 2.05) is 54.6 Å². The van der Waals surface area contributed by atoms with E-state index in [2.05, 4.69) is 15.2 Å². The number of ether oxygens (including phenoxy) is 6. The summed E-state index contributed by atoms with van der Waals surface area (Å²) in [7, 11) is 1.65. The molecule has 38 heavy (non-hydrogen) atoms. The number of benzene rings is 2. The number of aromatic nitrogens is 3. The van der Waals surface area contributed by atoms with E-state index in [0.717, 1.165) is 59.4 Å². The lowest BCUT2D eigenvalue weighted by molar-refractivity contribution is -0.169. The van der Waals surface area contributed by atoms with Gasteiger partial charge >= 0.3 is 0 Å². The summed E-state index contributed by atoms with van der Waals surface area (Å²) in [4.78, 5) is 4.49. The highest BCUT2D eigenvalue weighted by molar-refractivity contribution is 5.81. The normalized spacial score (nSPS) is 15.2. The van der Waals surface area contributed by atoms with Crippen LogP contribution in [0.25, 0.3) is 10.9 Å². The van der Waals surface area contributed by atoms with Crippen molar-refractivity contribution in [2.45, 2.75) is 38.8 Å². The minimum atomic E-state index is -0.152. The van der Waals surface area contributed by atoms with Crippen molar-refractivity contribution in [1.82, 2.24) is 15.2 Å². The van der Waals surface area contributed by atoms with Gasteiger partial charge in [-0.2, -0.15) is 5.10 Å². The molecule has 1 fully saturated rings. The number of methoxy groups -OCH3 is 1. The summed E-state index contributed by atoms with van der Waals surface area (Å²) in [5.41, 5.74) is 2.80. The molecule has 9 heteroatoms. The van der Waals surface area contributed by atoms with Crippen LogP contribution in [0.1, 0.15) is 30.4 Å². The average molecular weight is 518 g/mol. The van der Waals surface area contributed by atoms with Gasteiger partial charge in [-0.25, -0.2) is 0 Å². The van der Waals surface area contributed by atoms with Gasteiger partial charge in [0, 0.05) is 23.6 Å². The molecule has 1 saturated heterocycles. The van der Waals surface area contributed by atoms with E-state index in [1.54, 1.807) is 19.5 Å². The van der Waals surface area contributed by atoms with Crippen molar-refractivity contribution in [3.05, 3.63) is 78.1 Å². The zero-order valence-corrected chi connectivity index (χ0v) is 21.4. The molecule has 198 valence electrons. The summed E-state index contributed by atoms with van der Waals surface area (Å²) in [6, 6.07) is 17.4. The van der Waals surface area contributed by atoms with E-state index >= 15 is 0 Å². The minimum Gasteiger partial charge on any atom is -0.497 e. The van der Waals surface area contributed by atoms with Gasteiger partial charge in [-0.3, -0.25) is 4.98 Å². The molecule has 1 unspecified atom stereocenters. The smallest absolute Gasteiger partial charge is 0.233 e. The van der Waals surface area contributed by atoms with Gasteiger partial charge in [-0.05, 0) is 61.2 Å². The standard InChI is InChI=1S/C29H31N3O6/c1-33-24-7-5-21(6-8-24)19-37-25-9-10-27-23(15-25)16-26(18-30-27)34-12-13-35-28-14-22(17-31-32-28)20-38-29-4-2-3-11-36-29/h5-10,14-18,29H,2-4,11-13,19-20H2,1H3. The lowest BCUT2D eigenvalue weighted by atomic mass is 10.2. The van der Waals surface area contributed by atoms with Crippen LogP contribution >= 0.6 is 0 Å². The van der Waals surface area contributed by atoms with Crippen LogP contribution in [0.15, 0.2) is 67.0 Å². The van der Waals surface area contributed by atoms with E-state index < -0.39 is 0 Å². The van der Waals surface area contributed by atoms with Crippen LogP contribution in [-0.4, -0.2) is 48.4 Å². The largest absolute Gasteiger partial charge is 0.497 e. The van der Waals surface area contributed by atoms with Crippen molar-refractivity contribution in [3.8, 4) is 23.1 Å². The molecule has 1 atom stereocenters. The lowest BCUT2D eigenvalue weighted by Crippen LogP contribution is -2.22. The Morgan fingerprint density at radius 2 is 1.66 bits per heavy atom. The van der Waals surface area contributed by atoms with Crippen molar-refractivity contribution < 1.29 is 28.4 Å². The molecular formula is C29H31N3O6. The Labute approximate surface area is 221 Å². The van der Waals surface area contributed by atoms with E-state index in [1.165, 1.54) is 0 Å². The van der Waals surface area contributed by atoms with Crippen LogP contribution in [0.2, 0.25) is 0 Å². The Morgan fingerprint density at radius 1 is 0.816 bits per heavy atom. The topological polar surface area (TPSA) is 94.1 Å². The van der Waals surface area contributed by atoms with Gasteiger partial charge in [0.1, 0.15) is 37.1 Å². The molecule has 9 nitrogen and oxygen atoms in total. The minimum absolute atomic E-state index is 0.152. The first kappa shape index (κ1) is 25.7. The fourth-order valence-electron chi connectivity index (χ4n) is 4.02. The molecular weight excluding hydrogens is 486 g/mol. The first-order valence-electron chi connectivity index (χ1n) is 12.7. The van der Waals surface area contributed by atoms with E-state index in [9.17, 15) is 0 Å². The highest BCUT2D eigenvalue weighted by atomic mass is 16.7. The van der Waals surface area contributed by atoms with Gasteiger partial charge in [0.25, 0.3) is 0 Å². The van der Waals surface area contributed by atoms with Gasteiger partial charge in [0.05, 0.1) is 31.6 Å². The second-order valence-corrected chi connectivity index (χ2v) is 8.87. The van der Waals surface area contributed by atoms with Crippen LogP contribution in [0.5, 0.6) is 23.1 Å². The fraction of sp³-hybridized carbons (Fsp3) is 0.345. The number of rotatable bonds is 12. The third kappa shape index (κ3) is 7.30.